The van der Waals surface area contributed by atoms with E-state index in [-0.39, 0.29) is 13.0 Å². The number of amides is 4. The highest BCUT2D eigenvalue weighted by atomic mass is 16.5. The molecule has 1 aliphatic rings. The molecule has 0 atom stereocenters. The van der Waals surface area contributed by atoms with Gasteiger partial charge in [0.25, 0.3) is 0 Å². The topological polar surface area (TPSA) is 84.9 Å². The summed E-state index contributed by atoms with van der Waals surface area (Å²) in [4.78, 5) is 35.4. The molecule has 1 aromatic carbocycles. The van der Waals surface area contributed by atoms with Gasteiger partial charge in [-0.3, -0.25) is 19.8 Å². The van der Waals surface area contributed by atoms with Gasteiger partial charge in [0.1, 0.15) is 17.9 Å². The first kappa shape index (κ1) is 13.9. The molecule has 1 saturated heterocycles. The lowest BCUT2D eigenvalue weighted by molar-refractivity contribution is -0.136. The third kappa shape index (κ3) is 2.71. The predicted octanol–water partition coefficient (Wildman–Crippen LogP) is 0.672. The van der Waals surface area contributed by atoms with Crippen LogP contribution in [-0.4, -0.2) is 37.0 Å². The zero-order chi connectivity index (χ0) is 14.7. The zero-order valence-electron chi connectivity index (χ0n) is 11.1. The van der Waals surface area contributed by atoms with Crippen molar-refractivity contribution < 1.29 is 23.9 Å². The van der Waals surface area contributed by atoms with Crippen LogP contribution in [0.25, 0.3) is 0 Å². The van der Waals surface area contributed by atoms with E-state index < -0.39 is 17.8 Å². The minimum Gasteiger partial charge on any atom is -0.497 e. The van der Waals surface area contributed by atoms with Gasteiger partial charge in [-0.15, -0.1) is 0 Å². The summed E-state index contributed by atoms with van der Waals surface area (Å²) in [7, 11) is 3.02. The second kappa shape index (κ2) is 5.60. The van der Waals surface area contributed by atoms with Crippen molar-refractivity contribution in [2.75, 3.05) is 14.2 Å². The van der Waals surface area contributed by atoms with Crippen molar-refractivity contribution in [1.82, 2.24) is 10.2 Å². The first-order chi connectivity index (χ1) is 9.55. The van der Waals surface area contributed by atoms with Crippen LogP contribution in [0.1, 0.15) is 12.0 Å². The molecule has 2 rings (SSSR count). The summed E-state index contributed by atoms with van der Waals surface area (Å²) in [6.45, 7) is 0.0329. The fourth-order valence-corrected chi connectivity index (χ4v) is 1.89. The van der Waals surface area contributed by atoms with E-state index in [1.165, 1.54) is 14.2 Å². The summed E-state index contributed by atoms with van der Waals surface area (Å²) in [5.74, 6) is -0.00776. The number of methoxy groups -OCH3 is 2. The van der Waals surface area contributed by atoms with Crippen LogP contribution < -0.4 is 14.8 Å². The van der Waals surface area contributed by atoms with Crippen LogP contribution in [0.3, 0.4) is 0 Å². The van der Waals surface area contributed by atoms with Crippen LogP contribution >= 0.6 is 0 Å². The number of benzene rings is 1. The van der Waals surface area contributed by atoms with E-state index in [0.717, 1.165) is 4.90 Å². The monoisotopic (exact) mass is 278 g/mol. The Kier molecular flexibility index (Phi) is 3.88. The fourth-order valence-electron chi connectivity index (χ4n) is 1.89. The van der Waals surface area contributed by atoms with Gasteiger partial charge in [0.05, 0.1) is 20.8 Å². The number of carbonyl (C=O) groups is 3. The molecule has 1 heterocycles. The number of carbonyl (C=O) groups excluding carboxylic acids is 3. The molecular formula is C13H14N2O5. The van der Waals surface area contributed by atoms with E-state index in [0.29, 0.717) is 17.1 Å². The van der Waals surface area contributed by atoms with Gasteiger partial charge in [-0.25, -0.2) is 4.79 Å². The van der Waals surface area contributed by atoms with Crippen LogP contribution in [0.15, 0.2) is 18.2 Å². The van der Waals surface area contributed by atoms with Crippen molar-refractivity contribution in [3.8, 4) is 11.5 Å². The Morgan fingerprint density at radius 2 is 1.95 bits per heavy atom. The van der Waals surface area contributed by atoms with Gasteiger partial charge in [0.2, 0.25) is 11.8 Å². The summed E-state index contributed by atoms with van der Waals surface area (Å²) in [5.41, 5.74) is 0.645. The standard InChI is InChI=1S/C13H14N2O5/c1-19-9-4-3-8(10(5-9)20-2)7-15-12(17)6-11(16)14-13(15)18/h3-5H,6-7H2,1-2H3,(H,14,16,18). The maximum Gasteiger partial charge on any atom is 0.331 e. The molecule has 7 nitrogen and oxygen atoms in total. The molecule has 0 aromatic heterocycles. The Bertz CT molecular complexity index is 550. The number of ether oxygens (including phenoxy) is 2. The number of nitrogens with zero attached hydrogens (tertiary/aromatic N) is 1. The summed E-state index contributed by atoms with van der Waals surface area (Å²) in [5, 5.41) is 2.10. The fraction of sp³-hybridized carbons (Fsp3) is 0.308. The van der Waals surface area contributed by atoms with Crippen molar-refractivity contribution >= 4 is 17.8 Å². The lowest BCUT2D eigenvalue weighted by atomic mass is 10.1. The zero-order valence-corrected chi connectivity index (χ0v) is 11.1. The highest BCUT2D eigenvalue weighted by Gasteiger charge is 2.31. The SMILES string of the molecule is COc1ccc(CN2C(=O)CC(=O)NC2=O)c(OC)c1. The molecule has 0 radical (unpaired) electrons. The molecule has 4 amide bonds. The largest absolute Gasteiger partial charge is 0.497 e. The normalized spacial score (nSPS) is 15.1. The number of hydrogen-bond donors (Lipinski definition) is 1. The van der Waals surface area contributed by atoms with E-state index in [1.54, 1.807) is 18.2 Å². The minimum atomic E-state index is -0.718. The van der Waals surface area contributed by atoms with Crippen molar-refractivity contribution in [1.29, 1.82) is 0 Å². The van der Waals surface area contributed by atoms with Crippen LogP contribution in [0.2, 0.25) is 0 Å². The van der Waals surface area contributed by atoms with E-state index >= 15 is 0 Å². The van der Waals surface area contributed by atoms with Crippen LogP contribution in [0, 0.1) is 0 Å². The van der Waals surface area contributed by atoms with Gasteiger partial charge in [-0.05, 0) is 12.1 Å². The summed E-state index contributed by atoms with van der Waals surface area (Å²) in [6.07, 6.45) is -0.329. The number of nitrogens with one attached hydrogen (secondary N) is 1. The Labute approximate surface area is 115 Å². The summed E-state index contributed by atoms with van der Waals surface area (Å²) >= 11 is 0. The van der Waals surface area contributed by atoms with Gasteiger partial charge < -0.3 is 9.47 Å². The van der Waals surface area contributed by atoms with Crippen molar-refractivity contribution in [2.24, 2.45) is 0 Å². The maximum absolute atomic E-state index is 11.7. The van der Waals surface area contributed by atoms with Gasteiger partial charge >= 0.3 is 6.03 Å². The predicted molar refractivity (Wildman–Crippen MR) is 68.3 cm³/mol. The Hall–Kier alpha value is -2.57. The van der Waals surface area contributed by atoms with Gasteiger partial charge in [0.15, 0.2) is 0 Å². The first-order valence-corrected chi connectivity index (χ1v) is 5.90. The van der Waals surface area contributed by atoms with Gasteiger partial charge in [-0.1, -0.05) is 0 Å². The molecule has 0 aliphatic carbocycles. The van der Waals surface area contributed by atoms with Crippen molar-refractivity contribution in [3.63, 3.8) is 0 Å². The average molecular weight is 278 g/mol. The lowest BCUT2D eigenvalue weighted by Gasteiger charge is -2.25. The molecule has 106 valence electrons. The van der Waals surface area contributed by atoms with E-state index in [4.69, 9.17) is 9.47 Å². The maximum atomic E-state index is 11.7. The smallest absolute Gasteiger partial charge is 0.331 e. The summed E-state index contributed by atoms with van der Waals surface area (Å²) < 4.78 is 10.3. The molecule has 7 heteroatoms. The van der Waals surface area contributed by atoms with E-state index in [9.17, 15) is 14.4 Å². The quantitative estimate of drug-likeness (QED) is 0.818. The van der Waals surface area contributed by atoms with Crippen molar-refractivity contribution in [2.45, 2.75) is 13.0 Å². The van der Waals surface area contributed by atoms with E-state index in [2.05, 4.69) is 5.32 Å². The Morgan fingerprint density at radius 3 is 2.55 bits per heavy atom. The number of barbiturate groups is 1. The summed E-state index contributed by atoms with van der Waals surface area (Å²) in [6, 6.07) is 4.35. The second-order valence-electron chi connectivity index (χ2n) is 4.19. The van der Waals surface area contributed by atoms with Crippen molar-refractivity contribution in [3.05, 3.63) is 23.8 Å². The minimum absolute atomic E-state index is 0.0329. The molecule has 1 aliphatic heterocycles. The van der Waals surface area contributed by atoms with Crippen LogP contribution in [-0.2, 0) is 16.1 Å². The Morgan fingerprint density at radius 1 is 1.20 bits per heavy atom. The van der Waals surface area contributed by atoms with Crippen LogP contribution in [0.5, 0.6) is 11.5 Å². The molecular weight excluding hydrogens is 264 g/mol. The molecule has 0 spiro atoms. The van der Waals surface area contributed by atoms with Gasteiger partial charge in [0, 0.05) is 11.6 Å². The molecule has 1 fully saturated rings. The lowest BCUT2D eigenvalue weighted by Crippen LogP contribution is -2.52. The molecule has 1 N–H and O–H groups in total. The third-order valence-electron chi connectivity index (χ3n) is 2.93. The number of urea groups is 1. The van der Waals surface area contributed by atoms with Gasteiger partial charge in [-0.2, -0.15) is 0 Å². The third-order valence-corrected chi connectivity index (χ3v) is 2.93. The second-order valence-corrected chi connectivity index (χ2v) is 4.19. The average Bonchev–Trinajstić information content (AvgIpc) is 2.42. The highest BCUT2D eigenvalue weighted by Crippen LogP contribution is 2.26. The number of rotatable bonds is 4. The Balaban J connectivity index is 2.23. The molecule has 0 bridgehead atoms. The number of hydrogen-bond acceptors (Lipinski definition) is 5. The number of imide groups is 2. The highest BCUT2D eigenvalue weighted by molar-refractivity contribution is 6.14. The van der Waals surface area contributed by atoms with E-state index in [1.807, 2.05) is 0 Å². The van der Waals surface area contributed by atoms with Crippen LogP contribution in [0.4, 0.5) is 4.79 Å². The molecule has 20 heavy (non-hydrogen) atoms. The molecule has 0 saturated carbocycles. The first-order valence-electron chi connectivity index (χ1n) is 5.90. The molecule has 1 aromatic rings. The molecule has 0 unspecified atom stereocenters.